The molecule has 0 saturated carbocycles. The van der Waals surface area contributed by atoms with Crippen molar-refractivity contribution in [1.82, 2.24) is 19.4 Å². The molecule has 0 aliphatic carbocycles. The summed E-state index contributed by atoms with van der Waals surface area (Å²) in [4.78, 5) is 14.1. The molecule has 4 aromatic heterocycles. The van der Waals surface area contributed by atoms with Crippen LogP contribution < -0.4 is 15.9 Å². The molecule has 0 fully saturated rings. The van der Waals surface area contributed by atoms with Gasteiger partial charge in [-0.25, -0.2) is 0 Å². The standard InChI is InChI=1S/C33H21N4PSe/c39-38(23-15-18-34-19-16-23,24-12-11-22-6-5-17-35-30(22)20-24)25-13-14-29-32(21-25)37-31-10-4-3-8-27(31)26-7-1-2-9-28(26)33(37)36-29/h1-21H. The van der Waals surface area contributed by atoms with Crippen molar-refractivity contribution >= 4 is 85.8 Å². The van der Waals surface area contributed by atoms with Gasteiger partial charge in [0.2, 0.25) is 0 Å². The average molecular weight is 583 g/mol. The molecule has 8 aromatic rings. The van der Waals surface area contributed by atoms with E-state index in [9.17, 15) is 0 Å². The summed E-state index contributed by atoms with van der Waals surface area (Å²) >= 11 is 3.70. The van der Waals surface area contributed by atoms with Gasteiger partial charge in [0.15, 0.2) is 0 Å². The second-order valence-electron chi connectivity index (χ2n) is 9.70. The van der Waals surface area contributed by atoms with Crippen LogP contribution in [0.15, 0.2) is 128 Å². The van der Waals surface area contributed by atoms with E-state index in [0.717, 1.165) is 38.5 Å². The number of hydrogen-bond donors (Lipinski definition) is 0. The van der Waals surface area contributed by atoms with E-state index in [1.54, 1.807) is 0 Å². The van der Waals surface area contributed by atoms with Gasteiger partial charge in [-0.3, -0.25) is 0 Å². The van der Waals surface area contributed by atoms with E-state index in [2.05, 4.69) is 133 Å². The molecule has 0 amide bonds. The third-order valence-electron chi connectivity index (χ3n) is 7.58. The number of fused-ring (bicyclic) bond motifs is 9. The van der Waals surface area contributed by atoms with Gasteiger partial charge < -0.3 is 0 Å². The Bertz CT molecular complexity index is 2270. The molecule has 39 heavy (non-hydrogen) atoms. The summed E-state index contributed by atoms with van der Waals surface area (Å²) in [5, 5.41) is 8.47. The Morgan fingerprint density at radius 3 is 2.18 bits per heavy atom. The first-order valence-electron chi connectivity index (χ1n) is 12.8. The zero-order valence-corrected chi connectivity index (χ0v) is 23.4. The van der Waals surface area contributed by atoms with Crippen molar-refractivity contribution in [3.8, 4) is 0 Å². The molecule has 0 aliphatic heterocycles. The molecular weight excluding hydrogens is 562 g/mol. The van der Waals surface area contributed by atoms with Crippen molar-refractivity contribution < 1.29 is 0 Å². The predicted molar refractivity (Wildman–Crippen MR) is 165 cm³/mol. The maximum atomic E-state index is 5.15. The molecule has 0 saturated heterocycles. The summed E-state index contributed by atoms with van der Waals surface area (Å²) < 4.78 is 2.33. The van der Waals surface area contributed by atoms with Crippen LogP contribution in [-0.4, -0.2) is 34.5 Å². The zero-order chi connectivity index (χ0) is 26.0. The fourth-order valence-electron chi connectivity index (χ4n) is 5.75. The van der Waals surface area contributed by atoms with Gasteiger partial charge in [0.25, 0.3) is 0 Å². The van der Waals surface area contributed by atoms with E-state index >= 15 is 0 Å². The van der Waals surface area contributed by atoms with Crippen LogP contribution in [-0.2, 0) is 0 Å². The van der Waals surface area contributed by atoms with Crippen molar-refractivity contribution in [1.29, 1.82) is 0 Å². The van der Waals surface area contributed by atoms with Gasteiger partial charge in [0, 0.05) is 0 Å². The van der Waals surface area contributed by atoms with Crippen molar-refractivity contribution in [3.05, 3.63) is 128 Å². The quantitative estimate of drug-likeness (QED) is 0.143. The van der Waals surface area contributed by atoms with E-state index < -0.39 is 5.51 Å². The number of nitrogens with zero attached hydrogens (tertiary/aromatic N) is 4. The molecule has 184 valence electrons. The van der Waals surface area contributed by atoms with Gasteiger partial charge >= 0.3 is 233 Å². The molecule has 0 spiro atoms. The van der Waals surface area contributed by atoms with E-state index in [1.807, 2.05) is 24.7 Å². The number of pyridine rings is 3. The maximum absolute atomic E-state index is 5.15. The molecular formula is C33H21N4PSe. The van der Waals surface area contributed by atoms with E-state index in [0.29, 0.717) is 0 Å². The number of imidazole rings is 1. The molecule has 0 N–H and O–H groups in total. The van der Waals surface area contributed by atoms with Crippen LogP contribution in [0.5, 0.6) is 0 Å². The second kappa shape index (κ2) is 8.69. The van der Waals surface area contributed by atoms with Crippen LogP contribution in [0.2, 0.25) is 0 Å². The Balaban J connectivity index is 1.48. The fourth-order valence-corrected chi connectivity index (χ4v) is 10.6. The minimum atomic E-state index is -2.14. The van der Waals surface area contributed by atoms with Crippen LogP contribution in [0.3, 0.4) is 0 Å². The molecule has 4 aromatic carbocycles. The van der Waals surface area contributed by atoms with Crippen LogP contribution in [0.1, 0.15) is 0 Å². The first-order chi connectivity index (χ1) is 19.2. The van der Waals surface area contributed by atoms with Crippen molar-refractivity contribution in [2.24, 2.45) is 0 Å². The third kappa shape index (κ3) is 3.38. The van der Waals surface area contributed by atoms with Gasteiger partial charge in [-0.1, -0.05) is 0 Å². The molecule has 0 bridgehead atoms. The van der Waals surface area contributed by atoms with Gasteiger partial charge in [-0.2, -0.15) is 0 Å². The summed E-state index contributed by atoms with van der Waals surface area (Å²) in [5.41, 5.74) is 3.10. The van der Waals surface area contributed by atoms with E-state index in [-0.39, 0.29) is 0 Å². The van der Waals surface area contributed by atoms with Crippen LogP contribution in [0.25, 0.3) is 49.3 Å². The topological polar surface area (TPSA) is 43.1 Å². The Morgan fingerprint density at radius 1 is 0.564 bits per heavy atom. The van der Waals surface area contributed by atoms with Gasteiger partial charge in [-0.05, 0) is 0 Å². The molecule has 4 nitrogen and oxygen atoms in total. The van der Waals surface area contributed by atoms with Crippen molar-refractivity contribution in [2.75, 3.05) is 0 Å². The van der Waals surface area contributed by atoms with Gasteiger partial charge in [-0.15, -0.1) is 0 Å². The molecule has 0 radical (unpaired) electrons. The fraction of sp³-hybridized carbons (Fsp3) is 0. The predicted octanol–water partition coefficient (Wildman–Crippen LogP) is 6.11. The summed E-state index contributed by atoms with van der Waals surface area (Å²) in [5.74, 6) is 0. The van der Waals surface area contributed by atoms with Crippen molar-refractivity contribution in [3.63, 3.8) is 0 Å². The Kier molecular flexibility index (Phi) is 5.08. The normalized spacial score (nSPS) is 13.4. The molecule has 8 rings (SSSR count). The summed E-state index contributed by atoms with van der Waals surface area (Å²) in [7, 11) is 0. The number of rotatable bonds is 3. The average Bonchev–Trinajstić information content (AvgIpc) is 3.40. The van der Waals surface area contributed by atoms with Gasteiger partial charge in [0.05, 0.1) is 0 Å². The van der Waals surface area contributed by atoms with E-state index in [1.165, 1.54) is 26.7 Å². The molecule has 0 aliphatic rings. The molecule has 1 unspecified atom stereocenters. The SMILES string of the molecule is [Se]=P(c1ccncc1)(c1ccc2cccnc2c1)c1ccc2nc3c4ccccc4c4ccccc4n3c2c1. The van der Waals surface area contributed by atoms with Crippen LogP contribution in [0.4, 0.5) is 0 Å². The molecule has 6 heteroatoms. The van der Waals surface area contributed by atoms with Crippen LogP contribution >= 0.6 is 5.51 Å². The minimum absolute atomic E-state index is 0.985. The summed E-state index contributed by atoms with van der Waals surface area (Å²) in [6, 6.07) is 39.0. The summed E-state index contributed by atoms with van der Waals surface area (Å²) in [6.45, 7) is 0. The number of hydrogen-bond acceptors (Lipinski definition) is 3. The van der Waals surface area contributed by atoms with E-state index in [4.69, 9.17) is 4.98 Å². The molecule has 4 heterocycles. The Morgan fingerprint density at radius 2 is 1.31 bits per heavy atom. The monoisotopic (exact) mass is 584 g/mol. The summed E-state index contributed by atoms with van der Waals surface area (Å²) in [6.07, 6.45) is 5.62. The Labute approximate surface area is 232 Å². The van der Waals surface area contributed by atoms with Crippen molar-refractivity contribution in [2.45, 2.75) is 0 Å². The van der Waals surface area contributed by atoms with Crippen LogP contribution in [0, 0.1) is 0 Å². The van der Waals surface area contributed by atoms with Gasteiger partial charge in [0.1, 0.15) is 0 Å². The second-order valence-corrected chi connectivity index (χ2v) is 15.9. The number of para-hydroxylation sites is 1. The number of benzene rings is 4. The first kappa shape index (κ1) is 22.8. The molecule has 1 atom stereocenters. The third-order valence-corrected chi connectivity index (χ3v) is 14.6. The first-order valence-corrected chi connectivity index (χ1v) is 16.8. The zero-order valence-electron chi connectivity index (χ0n) is 20.8. The Hall–Kier alpha value is -4.14. The number of aromatic nitrogens is 4.